The van der Waals surface area contributed by atoms with Gasteiger partial charge in [-0.1, -0.05) is 30.2 Å². The lowest BCUT2D eigenvalue weighted by atomic mass is 9.74. The maximum absolute atomic E-state index is 11.4. The normalized spacial score (nSPS) is 36.6. The van der Waals surface area contributed by atoms with Crippen molar-refractivity contribution < 1.29 is 14.3 Å². The van der Waals surface area contributed by atoms with E-state index in [1.165, 1.54) is 18.1 Å². The molecule has 20 heavy (non-hydrogen) atoms. The Labute approximate surface area is 122 Å². The lowest BCUT2D eigenvalue weighted by Gasteiger charge is -2.45. The second-order valence-electron chi connectivity index (χ2n) is 6.46. The molecule has 0 radical (unpaired) electrons. The van der Waals surface area contributed by atoms with E-state index >= 15 is 0 Å². The van der Waals surface area contributed by atoms with Gasteiger partial charge in [-0.25, -0.2) is 0 Å². The minimum absolute atomic E-state index is 0.137. The van der Waals surface area contributed by atoms with Crippen molar-refractivity contribution >= 4 is 5.97 Å². The Bertz CT molecular complexity index is 432. The van der Waals surface area contributed by atoms with Crippen LogP contribution >= 0.6 is 0 Å². The van der Waals surface area contributed by atoms with Gasteiger partial charge in [0.25, 0.3) is 0 Å². The molecule has 1 saturated heterocycles. The first-order chi connectivity index (χ1) is 9.38. The van der Waals surface area contributed by atoms with Gasteiger partial charge < -0.3 is 9.47 Å². The molecule has 2 rings (SSSR count). The molecule has 0 saturated carbocycles. The summed E-state index contributed by atoms with van der Waals surface area (Å²) in [5.74, 6) is 0.547. The molecule has 0 aromatic heterocycles. The van der Waals surface area contributed by atoms with E-state index in [9.17, 15) is 4.79 Å². The lowest BCUT2D eigenvalue weighted by molar-refractivity contribution is -0.181. The summed E-state index contributed by atoms with van der Waals surface area (Å²) in [6.45, 7) is 9.93. The van der Waals surface area contributed by atoms with Crippen LogP contribution in [0.15, 0.2) is 23.3 Å². The van der Waals surface area contributed by atoms with Gasteiger partial charge in [0, 0.05) is 12.8 Å². The summed E-state index contributed by atoms with van der Waals surface area (Å²) in [6, 6.07) is 0. The fourth-order valence-electron chi connectivity index (χ4n) is 3.38. The number of rotatable bonds is 2. The van der Waals surface area contributed by atoms with Crippen molar-refractivity contribution in [1.82, 2.24) is 0 Å². The first-order valence-corrected chi connectivity index (χ1v) is 7.53. The summed E-state index contributed by atoms with van der Waals surface area (Å²) in [6.07, 6.45) is 6.42. The molecule has 1 heterocycles. The highest BCUT2D eigenvalue weighted by Gasteiger charge is 2.44. The van der Waals surface area contributed by atoms with Gasteiger partial charge in [-0.3, -0.25) is 4.79 Å². The molecular weight excluding hydrogens is 252 g/mol. The second-order valence-corrected chi connectivity index (χ2v) is 6.46. The van der Waals surface area contributed by atoms with Gasteiger partial charge in [0.1, 0.15) is 12.2 Å². The average Bonchev–Trinajstić information content (AvgIpc) is 2.32. The standard InChI is InChI=1S/C17H26O3/c1-10(2)8-16-17(19-13(5)18)12(4)14-7-6-11(3)9-15(14)20-16/h8-9,12,14-17H,6-7H2,1-5H3/t12-,14-,15+,16-,17+/m1/s1. The third-order valence-corrected chi connectivity index (χ3v) is 4.37. The summed E-state index contributed by atoms with van der Waals surface area (Å²) in [5.41, 5.74) is 2.59. The number of hydrogen-bond acceptors (Lipinski definition) is 3. The van der Waals surface area contributed by atoms with Crippen LogP contribution in [0.2, 0.25) is 0 Å². The van der Waals surface area contributed by atoms with Gasteiger partial charge in [-0.2, -0.15) is 0 Å². The van der Waals surface area contributed by atoms with E-state index in [0.717, 1.165) is 12.8 Å². The van der Waals surface area contributed by atoms with E-state index in [4.69, 9.17) is 9.47 Å². The zero-order chi connectivity index (χ0) is 14.9. The monoisotopic (exact) mass is 278 g/mol. The predicted molar refractivity (Wildman–Crippen MR) is 79.3 cm³/mol. The number of fused-ring (bicyclic) bond motifs is 1. The van der Waals surface area contributed by atoms with E-state index in [0.29, 0.717) is 11.8 Å². The molecule has 5 atom stereocenters. The zero-order valence-electron chi connectivity index (χ0n) is 13.2. The molecule has 0 amide bonds. The molecule has 0 aromatic carbocycles. The Balaban J connectivity index is 2.26. The molecule has 0 aromatic rings. The van der Waals surface area contributed by atoms with Gasteiger partial charge in [0.2, 0.25) is 0 Å². The topological polar surface area (TPSA) is 35.5 Å². The van der Waals surface area contributed by atoms with Crippen LogP contribution in [0, 0.1) is 11.8 Å². The van der Waals surface area contributed by atoms with Crippen LogP contribution in [0.3, 0.4) is 0 Å². The van der Waals surface area contributed by atoms with Crippen molar-refractivity contribution in [2.45, 2.75) is 65.8 Å². The van der Waals surface area contributed by atoms with Gasteiger partial charge in [0.15, 0.2) is 0 Å². The Morgan fingerprint density at radius 3 is 2.70 bits per heavy atom. The summed E-state index contributed by atoms with van der Waals surface area (Å²) in [7, 11) is 0. The summed E-state index contributed by atoms with van der Waals surface area (Å²) in [4.78, 5) is 11.4. The molecule has 0 spiro atoms. The van der Waals surface area contributed by atoms with Crippen molar-refractivity contribution in [3.05, 3.63) is 23.3 Å². The number of esters is 1. The van der Waals surface area contributed by atoms with Crippen molar-refractivity contribution in [3.8, 4) is 0 Å². The third-order valence-electron chi connectivity index (χ3n) is 4.37. The van der Waals surface area contributed by atoms with Crippen LogP contribution in [0.5, 0.6) is 0 Å². The number of carbonyl (C=O) groups excluding carboxylic acids is 1. The van der Waals surface area contributed by atoms with Crippen molar-refractivity contribution in [2.24, 2.45) is 11.8 Å². The highest BCUT2D eigenvalue weighted by molar-refractivity contribution is 5.66. The first kappa shape index (κ1) is 15.3. The molecule has 1 aliphatic heterocycles. The van der Waals surface area contributed by atoms with Crippen molar-refractivity contribution in [2.75, 3.05) is 0 Å². The van der Waals surface area contributed by atoms with Gasteiger partial charge in [-0.15, -0.1) is 0 Å². The number of ether oxygens (including phenoxy) is 2. The Morgan fingerprint density at radius 1 is 1.40 bits per heavy atom. The quantitative estimate of drug-likeness (QED) is 0.571. The Hall–Kier alpha value is -1.09. The minimum atomic E-state index is -0.224. The van der Waals surface area contributed by atoms with Gasteiger partial charge in [0.05, 0.1) is 6.10 Å². The molecule has 3 heteroatoms. The lowest BCUT2D eigenvalue weighted by Crippen LogP contribution is -2.51. The predicted octanol–water partition coefficient (Wildman–Crippen LogP) is 3.64. The van der Waals surface area contributed by atoms with E-state index in [1.807, 2.05) is 13.8 Å². The van der Waals surface area contributed by atoms with Crippen LogP contribution in [0.1, 0.15) is 47.5 Å². The fourth-order valence-corrected chi connectivity index (χ4v) is 3.38. The fraction of sp³-hybridized carbons (Fsp3) is 0.706. The van der Waals surface area contributed by atoms with E-state index < -0.39 is 0 Å². The molecule has 0 bridgehead atoms. The number of hydrogen-bond donors (Lipinski definition) is 0. The molecule has 0 unspecified atom stereocenters. The maximum atomic E-state index is 11.4. The highest BCUT2D eigenvalue weighted by Crippen LogP contribution is 2.40. The van der Waals surface area contributed by atoms with Gasteiger partial charge in [-0.05, 0) is 39.5 Å². The molecule has 0 N–H and O–H groups in total. The molecule has 3 nitrogen and oxygen atoms in total. The largest absolute Gasteiger partial charge is 0.459 e. The minimum Gasteiger partial charge on any atom is -0.459 e. The molecule has 1 fully saturated rings. The van der Waals surface area contributed by atoms with Crippen molar-refractivity contribution in [1.29, 1.82) is 0 Å². The van der Waals surface area contributed by atoms with Crippen LogP contribution in [-0.2, 0) is 14.3 Å². The van der Waals surface area contributed by atoms with Crippen LogP contribution in [-0.4, -0.2) is 24.3 Å². The molecule has 1 aliphatic carbocycles. The zero-order valence-corrected chi connectivity index (χ0v) is 13.2. The SMILES string of the molecule is CC(=O)O[C@H]1[C@H](C)[C@H]2CCC(C)=C[C@@H]2O[C@@H]1C=C(C)C. The van der Waals surface area contributed by atoms with E-state index in [1.54, 1.807) is 0 Å². The molecule has 112 valence electrons. The van der Waals surface area contributed by atoms with Gasteiger partial charge >= 0.3 is 5.97 Å². The molecular formula is C17H26O3. The third kappa shape index (κ3) is 3.32. The number of allylic oxidation sites excluding steroid dienone is 2. The first-order valence-electron chi connectivity index (χ1n) is 7.53. The van der Waals surface area contributed by atoms with E-state index in [-0.39, 0.29) is 24.3 Å². The van der Waals surface area contributed by atoms with E-state index in [2.05, 4.69) is 26.0 Å². The number of carbonyl (C=O) groups is 1. The Morgan fingerprint density at radius 2 is 2.10 bits per heavy atom. The second kappa shape index (κ2) is 6.13. The smallest absolute Gasteiger partial charge is 0.303 e. The van der Waals surface area contributed by atoms with Crippen LogP contribution < -0.4 is 0 Å². The summed E-state index contributed by atoms with van der Waals surface area (Å²) in [5, 5.41) is 0. The Kier molecular flexibility index (Phi) is 4.69. The van der Waals surface area contributed by atoms with Crippen molar-refractivity contribution in [3.63, 3.8) is 0 Å². The van der Waals surface area contributed by atoms with Crippen LogP contribution in [0.25, 0.3) is 0 Å². The summed E-state index contributed by atoms with van der Waals surface area (Å²) < 4.78 is 11.8. The highest BCUT2D eigenvalue weighted by atomic mass is 16.6. The average molecular weight is 278 g/mol. The summed E-state index contributed by atoms with van der Waals surface area (Å²) >= 11 is 0. The molecule has 2 aliphatic rings. The maximum Gasteiger partial charge on any atom is 0.303 e. The van der Waals surface area contributed by atoms with Crippen LogP contribution in [0.4, 0.5) is 0 Å².